The molecule has 2 aliphatic heterocycles. The van der Waals surface area contributed by atoms with Crippen molar-refractivity contribution in [1.82, 2.24) is 19.4 Å². The number of morpholine rings is 1. The van der Waals surface area contributed by atoms with Gasteiger partial charge in [-0.05, 0) is 42.0 Å². The molecule has 2 aromatic carbocycles. The summed E-state index contributed by atoms with van der Waals surface area (Å²) in [6.45, 7) is 6.43. The fraction of sp³-hybridized carbons (Fsp3) is 0.576. The van der Waals surface area contributed by atoms with E-state index in [4.69, 9.17) is 9.47 Å². The third-order valence-corrected chi connectivity index (χ3v) is 10.1. The van der Waals surface area contributed by atoms with Gasteiger partial charge < -0.3 is 29.9 Å². The molecule has 46 heavy (non-hydrogen) atoms. The van der Waals surface area contributed by atoms with Crippen LogP contribution in [0.5, 0.6) is 0 Å². The molecule has 13 heteroatoms. The van der Waals surface area contributed by atoms with Crippen LogP contribution in [-0.4, -0.2) is 128 Å². The second-order valence-corrected chi connectivity index (χ2v) is 14.3. The molecule has 3 N–H and O–H groups in total. The normalized spacial score (nSPS) is 18.7. The molecule has 2 amide bonds. The quantitative estimate of drug-likeness (QED) is 0.239. The van der Waals surface area contributed by atoms with E-state index in [2.05, 4.69) is 5.32 Å². The molecule has 4 rings (SSSR count). The summed E-state index contributed by atoms with van der Waals surface area (Å²) in [6.07, 6.45) is -0.276. The first-order valence-electron chi connectivity index (χ1n) is 16.0. The minimum Gasteiger partial charge on any atom is -0.392 e. The number of ether oxygens (including phenoxy) is 2. The van der Waals surface area contributed by atoms with E-state index in [0.29, 0.717) is 51.5 Å². The number of hydrogen-bond acceptors (Lipinski definition) is 9. The molecule has 0 aromatic heterocycles. The van der Waals surface area contributed by atoms with Gasteiger partial charge >= 0.3 is 0 Å². The van der Waals surface area contributed by atoms with Crippen LogP contribution in [0.15, 0.2) is 59.5 Å². The van der Waals surface area contributed by atoms with Crippen LogP contribution in [-0.2, 0) is 42.1 Å². The second kappa shape index (κ2) is 17.3. The highest BCUT2D eigenvalue weighted by Gasteiger charge is 2.33. The van der Waals surface area contributed by atoms with E-state index in [9.17, 15) is 28.2 Å². The Kier molecular flexibility index (Phi) is 13.5. The van der Waals surface area contributed by atoms with Crippen molar-refractivity contribution in [2.24, 2.45) is 5.92 Å². The Morgan fingerprint density at radius 2 is 1.65 bits per heavy atom. The number of aliphatic hydroxyl groups is 2. The number of carbonyl (C=O) groups is 2. The first kappa shape index (κ1) is 35.9. The monoisotopic (exact) mass is 660 g/mol. The Balaban J connectivity index is 1.52. The molecule has 0 saturated carbocycles. The van der Waals surface area contributed by atoms with Gasteiger partial charge in [0, 0.05) is 38.8 Å². The lowest BCUT2D eigenvalue weighted by atomic mass is 10.0. The molecule has 12 nitrogen and oxygen atoms in total. The third kappa shape index (κ3) is 10.3. The number of hydrogen-bond donors (Lipinski definition) is 3. The van der Waals surface area contributed by atoms with Crippen LogP contribution >= 0.6 is 0 Å². The van der Waals surface area contributed by atoms with Crippen molar-refractivity contribution in [2.75, 3.05) is 65.7 Å². The van der Waals surface area contributed by atoms with Crippen LogP contribution in [0, 0.1) is 5.92 Å². The van der Waals surface area contributed by atoms with Crippen molar-refractivity contribution < 1.29 is 37.7 Å². The maximum atomic E-state index is 13.7. The van der Waals surface area contributed by atoms with Gasteiger partial charge in [-0.3, -0.25) is 14.5 Å². The molecule has 2 saturated heterocycles. The zero-order valence-electron chi connectivity index (χ0n) is 26.8. The Hall–Kier alpha value is -2.91. The molecule has 2 fully saturated rings. The van der Waals surface area contributed by atoms with E-state index in [-0.39, 0.29) is 67.9 Å². The molecule has 0 radical (unpaired) electrons. The minimum absolute atomic E-state index is 0.0351. The molecule has 2 aromatic rings. The highest BCUT2D eigenvalue weighted by Crippen LogP contribution is 2.20. The molecule has 2 heterocycles. The number of aliphatic hydroxyl groups excluding tert-OH is 2. The number of rotatable bonds is 16. The van der Waals surface area contributed by atoms with Gasteiger partial charge in [0.05, 0.1) is 56.6 Å². The number of nitrogens with one attached hydrogen (secondary N) is 1. The average Bonchev–Trinajstić information content (AvgIpc) is 3.60. The summed E-state index contributed by atoms with van der Waals surface area (Å²) in [4.78, 5) is 30.4. The predicted octanol–water partition coefficient (Wildman–Crippen LogP) is 0.864. The van der Waals surface area contributed by atoms with Crippen LogP contribution in [0.3, 0.4) is 0 Å². The van der Waals surface area contributed by atoms with Crippen molar-refractivity contribution in [1.29, 1.82) is 0 Å². The van der Waals surface area contributed by atoms with Gasteiger partial charge in [0.2, 0.25) is 21.8 Å². The van der Waals surface area contributed by atoms with Crippen LogP contribution in [0.2, 0.25) is 0 Å². The predicted molar refractivity (Wildman–Crippen MR) is 172 cm³/mol. The fourth-order valence-corrected chi connectivity index (χ4v) is 7.35. The fourth-order valence-electron chi connectivity index (χ4n) is 5.73. The number of amides is 2. The molecule has 0 aliphatic carbocycles. The van der Waals surface area contributed by atoms with Gasteiger partial charge in [0.25, 0.3) is 0 Å². The van der Waals surface area contributed by atoms with Crippen molar-refractivity contribution in [3.63, 3.8) is 0 Å². The lowest BCUT2D eigenvalue weighted by Gasteiger charge is -2.33. The van der Waals surface area contributed by atoms with Gasteiger partial charge in [0.1, 0.15) is 0 Å². The van der Waals surface area contributed by atoms with Crippen molar-refractivity contribution in [3.05, 3.63) is 65.7 Å². The molecular formula is C33H48N4O8S. The number of benzene rings is 2. The Morgan fingerprint density at radius 1 is 0.957 bits per heavy atom. The maximum Gasteiger partial charge on any atom is 0.243 e. The molecule has 0 unspecified atom stereocenters. The Bertz CT molecular complexity index is 1350. The Morgan fingerprint density at radius 3 is 2.26 bits per heavy atom. The van der Waals surface area contributed by atoms with E-state index >= 15 is 0 Å². The largest absolute Gasteiger partial charge is 0.392 e. The second-order valence-electron chi connectivity index (χ2n) is 12.4. The standard InChI is InChI=1S/C33H48N4O8S/c1-25(2)19-37(46(42,43)29-10-8-27(23-38)9-11-29)20-31(39)30(18-26-6-4-3-5-7-26)34-32(40)21-36(28-12-15-45-24-28)22-33(41)35-13-16-44-17-14-35/h3-11,25,28,30-31,38-39H,12-24H2,1-2H3,(H,34,40)/t28-,30-,31+/m0/s1. The summed E-state index contributed by atoms with van der Waals surface area (Å²) in [6, 6.07) is 14.5. The first-order chi connectivity index (χ1) is 22.1. The number of sulfonamides is 1. The topological polar surface area (TPSA) is 149 Å². The van der Waals surface area contributed by atoms with Crippen LogP contribution in [0.25, 0.3) is 0 Å². The van der Waals surface area contributed by atoms with E-state index in [1.54, 1.807) is 17.0 Å². The SMILES string of the molecule is CC(C)CN(C[C@@H](O)[C@H](Cc1ccccc1)NC(=O)CN(CC(=O)N1CCOCC1)[C@H]1CCOC1)S(=O)(=O)c1ccc(CO)cc1. The van der Waals surface area contributed by atoms with Crippen LogP contribution < -0.4 is 5.32 Å². The zero-order chi connectivity index (χ0) is 33.1. The van der Waals surface area contributed by atoms with Crippen molar-refractivity contribution in [2.45, 2.75) is 56.4 Å². The summed E-state index contributed by atoms with van der Waals surface area (Å²) < 4.78 is 39.7. The van der Waals surface area contributed by atoms with E-state index in [1.165, 1.54) is 16.4 Å². The minimum atomic E-state index is -4.00. The summed E-state index contributed by atoms with van der Waals surface area (Å²) in [7, 11) is -4.00. The van der Waals surface area contributed by atoms with Gasteiger partial charge in [-0.2, -0.15) is 4.31 Å². The molecule has 2 aliphatic rings. The lowest BCUT2D eigenvalue weighted by molar-refractivity contribution is -0.137. The Labute approximate surface area is 272 Å². The number of nitrogens with zero attached hydrogens (tertiary/aromatic N) is 3. The first-order valence-corrected chi connectivity index (χ1v) is 17.4. The zero-order valence-corrected chi connectivity index (χ0v) is 27.6. The highest BCUT2D eigenvalue weighted by molar-refractivity contribution is 7.89. The van der Waals surface area contributed by atoms with Gasteiger partial charge in [0.15, 0.2) is 0 Å². The molecule has 254 valence electrons. The third-order valence-electron chi connectivity index (χ3n) is 8.28. The van der Waals surface area contributed by atoms with Gasteiger partial charge in [-0.1, -0.05) is 56.3 Å². The van der Waals surface area contributed by atoms with Crippen LogP contribution in [0.4, 0.5) is 0 Å². The molecule has 0 bridgehead atoms. The molecule has 3 atom stereocenters. The van der Waals surface area contributed by atoms with E-state index in [1.807, 2.05) is 49.1 Å². The lowest BCUT2D eigenvalue weighted by Crippen LogP contribution is -2.55. The van der Waals surface area contributed by atoms with Crippen LogP contribution in [0.1, 0.15) is 31.4 Å². The molecular weight excluding hydrogens is 612 g/mol. The number of carbonyl (C=O) groups excluding carboxylic acids is 2. The van der Waals surface area contributed by atoms with E-state index in [0.717, 1.165) is 5.56 Å². The average molecular weight is 661 g/mol. The van der Waals surface area contributed by atoms with Gasteiger partial charge in [-0.25, -0.2) is 8.42 Å². The van der Waals surface area contributed by atoms with Crippen molar-refractivity contribution >= 4 is 21.8 Å². The summed E-state index contributed by atoms with van der Waals surface area (Å²) in [5, 5.41) is 24.0. The molecule has 0 spiro atoms. The summed E-state index contributed by atoms with van der Waals surface area (Å²) in [5.74, 6) is -0.489. The smallest absolute Gasteiger partial charge is 0.243 e. The van der Waals surface area contributed by atoms with Crippen molar-refractivity contribution in [3.8, 4) is 0 Å². The maximum absolute atomic E-state index is 13.7. The van der Waals surface area contributed by atoms with E-state index < -0.39 is 22.2 Å². The van der Waals surface area contributed by atoms with Gasteiger partial charge in [-0.15, -0.1) is 0 Å². The summed E-state index contributed by atoms with van der Waals surface area (Å²) in [5.41, 5.74) is 1.46. The highest BCUT2D eigenvalue weighted by atomic mass is 32.2. The summed E-state index contributed by atoms with van der Waals surface area (Å²) >= 11 is 0.